The van der Waals surface area contributed by atoms with E-state index in [2.05, 4.69) is 48.2 Å². The molecule has 2 aromatic rings. The number of aromatic amines is 1. The Kier molecular flexibility index (Phi) is 4.72. The molecule has 1 saturated heterocycles. The number of aromatic nitrogens is 3. The third kappa shape index (κ3) is 4.27. The Bertz CT molecular complexity index is 754. The van der Waals surface area contributed by atoms with E-state index in [-0.39, 0.29) is 27.1 Å². The van der Waals surface area contributed by atoms with Gasteiger partial charge in [0, 0.05) is 39.8 Å². The predicted octanol–water partition coefficient (Wildman–Crippen LogP) is 3.98. The smallest absolute Gasteiger partial charge is 0.152 e. The molecule has 0 radical (unpaired) electrons. The first kappa shape index (κ1) is 18.1. The van der Waals surface area contributed by atoms with Crippen molar-refractivity contribution in [2.75, 3.05) is 0 Å². The van der Waals surface area contributed by atoms with Crippen LogP contribution in [-0.4, -0.2) is 36.6 Å². The van der Waals surface area contributed by atoms with Gasteiger partial charge >= 0.3 is 0 Å². The lowest BCUT2D eigenvalue weighted by Crippen LogP contribution is -2.58. The second kappa shape index (κ2) is 6.53. The van der Waals surface area contributed by atoms with Crippen molar-refractivity contribution >= 4 is 16.8 Å². The van der Waals surface area contributed by atoms with E-state index >= 15 is 0 Å². The lowest BCUT2D eigenvalue weighted by molar-refractivity contribution is 0.189. The van der Waals surface area contributed by atoms with E-state index in [1.54, 1.807) is 18.6 Å². The van der Waals surface area contributed by atoms with Crippen LogP contribution in [0.4, 0.5) is 4.39 Å². The fourth-order valence-corrected chi connectivity index (χ4v) is 5.30. The Morgan fingerprint density at radius 3 is 2.44 bits per heavy atom. The molecule has 1 aliphatic heterocycles. The summed E-state index contributed by atoms with van der Waals surface area (Å²) in [4.78, 5) is 4.19. The SMILES string of the molecule is CC1(C)CC(SC(=N)c2ncc(-c3cn[nH]c3)cc2F)CC(C)(C)N1. The molecule has 0 aliphatic carbocycles. The molecule has 2 aromatic heterocycles. The van der Waals surface area contributed by atoms with Crippen LogP contribution in [0.25, 0.3) is 11.1 Å². The van der Waals surface area contributed by atoms with Crippen LogP contribution in [0.5, 0.6) is 0 Å². The monoisotopic (exact) mass is 361 g/mol. The Morgan fingerprint density at radius 2 is 1.88 bits per heavy atom. The number of rotatable bonds is 3. The van der Waals surface area contributed by atoms with Gasteiger partial charge in [0.15, 0.2) is 5.82 Å². The molecule has 0 aromatic carbocycles. The Morgan fingerprint density at radius 1 is 1.20 bits per heavy atom. The summed E-state index contributed by atoms with van der Waals surface area (Å²) in [6.07, 6.45) is 6.76. The highest BCUT2D eigenvalue weighted by atomic mass is 32.2. The van der Waals surface area contributed by atoms with Gasteiger partial charge in [0.25, 0.3) is 0 Å². The van der Waals surface area contributed by atoms with Crippen molar-refractivity contribution in [3.63, 3.8) is 0 Å². The van der Waals surface area contributed by atoms with Gasteiger partial charge in [0.1, 0.15) is 10.7 Å². The molecule has 7 heteroatoms. The number of halogens is 1. The largest absolute Gasteiger partial charge is 0.307 e. The second-order valence-corrected chi connectivity index (χ2v) is 9.22. The van der Waals surface area contributed by atoms with Crippen LogP contribution in [0.3, 0.4) is 0 Å². The van der Waals surface area contributed by atoms with Gasteiger partial charge in [0.2, 0.25) is 0 Å². The maximum atomic E-state index is 14.5. The molecule has 3 N–H and O–H groups in total. The second-order valence-electron chi connectivity index (χ2n) is 7.91. The molecule has 1 fully saturated rings. The Hall–Kier alpha value is -1.73. The molecule has 5 nitrogen and oxygen atoms in total. The minimum atomic E-state index is -0.469. The average Bonchev–Trinajstić information content (AvgIpc) is 2.97. The molecule has 25 heavy (non-hydrogen) atoms. The van der Waals surface area contributed by atoms with Gasteiger partial charge < -0.3 is 5.32 Å². The zero-order valence-corrected chi connectivity index (χ0v) is 15.8. The lowest BCUT2D eigenvalue weighted by atomic mass is 9.82. The van der Waals surface area contributed by atoms with E-state index in [0.717, 1.165) is 18.4 Å². The zero-order valence-electron chi connectivity index (χ0n) is 15.0. The van der Waals surface area contributed by atoms with Crippen LogP contribution in [0.1, 0.15) is 46.2 Å². The van der Waals surface area contributed by atoms with E-state index in [0.29, 0.717) is 5.56 Å². The summed E-state index contributed by atoms with van der Waals surface area (Å²) in [5.41, 5.74) is 1.54. The van der Waals surface area contributed by atoms with Crippen LogP contribution < -0.4 is 5.32 Å². The van der Waals surface area contributed by atoms with E-state index in [1.807, 2.05) is 0 Å². The van der Waals surface area contributed by atoms with Gasteiger partial charge in [-0.1, -0.05) is 0 Å². The lowest BCUT2D eigenvalue weighted by Gasteiger charge is -2.46. The summed E-state index contributed by atoms with van der Waals surface area (Å²) in [5.74, 6) is -0.469. The maximum absolute atomic E-state index is 14.5. The standard InChI is InChI=1S/C18H24FN5S/c1-17(2)6-13(7-18(3,4)24-17)25-16(20)15-14(19)5-11(8-21-15)12-9-22-23-10-12/h5,8-10,13,20,24H,6-7H2,1-4H3,(H,22,23). The molecule has 0 amide bonds. The summed E-state index contributed by atoms with van der Waals surface area (Å²) in [7, 11) is 0. The maximum Gasteiger partial charge on any atom is 0.152 e. The number of hydrogen-bond donors (Lipinski definition) is 3. The molecular formula is C18H24FN5S. The molecule has 134 valence electrons. The molecule has 1 aliphatic rings. The molecule has 0 unspecified atom stereocenters. The quantitative estimate of drug-likeness (QED) is 0.571. The minimum Gasteiger partial charge on any atom is -0.307 e. The first-order chi connectivity index (χ1) is 11.7. The predicted molar refractivity (Wildman–Crippen MR) is 101 cm³/mol. The summed E-state index contributed by atoms with van der Waals surface area (Å²) >= 11 is 1.42. The van der Waals surface area contributed by atoms with Crippen LogP contribution >= 0.6 is 11.8 Å². The first-order valence-electron chi connectivity index (χ1n) is 8.35. The van der Waals surface area contributed by atoms with Crippen molar-refractivity contribution in [1.29, 1.82) is 5.41 Å². The average molecular weight is 361 g/mol. The van der Waals surface area contributed by atoms with Crippen molar-refractivity contribution in [3.8, 4) is 11.1 Å². The van der Waals surface area contributed by atoms with Crippen molar-refractivity contribution in [1.82, 2.24) is 20.5 Å². The van der Waals surface area contributed by atoms with Gasteiger partial charge in [-0.2, -0.15) is 5.10 Å². The first-order valence-corrected chi connectivity index (χ1v) is 9.23. The molecular weight excluding hydrogens is 337 g/mol. The minimum absolute atomic E-state index is 0.00316. The van der Waals surface area contributed by atoms with Crippen LogP contribution in [0, 0.1) is 11.2 Å². The van der Waals surface area contributed by atoms with Crippen LogP contribution in [0.2, 0.25) is 0 Å². The number of nitrogens with zero attached hydrogens (tertiary/aromatic N) is 2. The highest BCUT2D eigenvalue weighted by molar-refractivity contribution is 8.14. The highest BCUT2D eigenvalue weighted by Crippen LogP contribution is 2.36. The van der Waals surface area contributed by atoms with Crippen molar-refractivity contribution < 1.29 is 4.39 Å². The zero-order chi connectivity index (χ0) is 18.2. The van der Waals surface area contributed by atoms with Gasteiger partial charge in [-0.15, -0.1) is 11.8 Å². The third-order valence-corrected chi connectivity index (χ3v) is 5.42. The number of H-pyrrole nitrogens is 1. The Labute approximate surface area is 151 Å². The van der Waals surface area contributed by atoms with Crippen LogP contribution in [0.15, 0.2) is 24.7 Å². The van der Waals surface area contributed by atoms with Gasteiger partial charge in [-0.3, -0.25) is 15.5 Å². The number of pyridine rings is 1. The van der Waals surface area contributed by atoms with E-state index in [1.165, 1.54) is 17.8 Å². The number of nitrogens with one attached hydrogen (secondary N) is 3. The summed E-state index contributed by atoms with van der Waals surface area (Å²) in [6, 6.07) is 1.42. The fraction of sp³-hybridized carbons (Fsp3) is 0.500. The number of piperidine rings is 1. The fourth-order valence-electron chi connectivity index (χ4n) is 3.71. The molecule has 0 spiro atoms. The van der Waals surface area contributed by atoms with Crippen molar-refractivity contribution in [2.45, 2.75) is 56.9 Å². The summed E-state index contributed by atoms with van der Waals surface area (Å²) in [5, 5.41) is 19.0. The topological polar surface area (TPSA) is 77.5 Å². The van der Waals surface area contributed by atoms with E-state index in [4.69, 9.17) is 5.41 Å². The van der Waals surface area contributed by atoms with Crippen molar-refractivity contribution in [3.05, 3.63) is 36.2 Å². The van der Waals surface area contributed by atoms with Crippen LogP contribution in [-0.2, 0) is 0 Å². The Balaban J connectivity index is 1.75. The normalized spacial score (nSPS) is 19.7. The summed E-state index contributed by atoms with van der Waals surface area (Å²) < 4.78 is 14.5. The van der Waals surface area contributed by atoms with Gasteiger partial charge in [-0.05, 0) is 46.6 Å². The molecule has 0 bridgehead atoms. The highest BCUT2D eigenvalue weighted by Gasteiger charge is 2.38. The van der Waals surface area contributed by atoms with E-state index < -0.39 is 5.82 Å². The number of hydrogen-bond acceptors (Lipinski definition) is 5. The van der Waals surface area contributed by atoms with Crippen molar-refractivity contribution in [2.24, 2.45) is 0 Å². The summed E-state index contributed by atoms with van der Waals surface area (Å²) in [6.45, 7) is 8.68. The van der Waals surface area contributed by atoms with Gasteiger partial charge in [-0.25, -0.2) is 4.39 Å². The van der Waals surface area contributed by atoms with E-state index in [9.17, 15) is 4.39 Å². The van der Waals surface area contributed by atoms with Gasteiger partial charge in [0.05, 0.1) is 6.20 Å². The number of thioether (sulfide) groups is 1. The molecule has 0 atom stereocenters. The molecule has 3 heterocycles. The molecule has 3 rings (SSSR count). The molecule has 0 saturated carbocycles. The third-order valence-electron chi connectivity index (χ3n) is 4.33.